The number of hydrogen-bond donors (Lipinski definition) is 8. The van der Waals surface area contributed by atoms with Gasteiger partial charge in [0.25, 0.3) is 0 Å². The lowest BCUT2D eigenvalue weighted by Crippen LogP contribution is -2.40. The largest absolute Gasteiger partial charge is 0.394 e. The molecule has 6 atom stereocenters. The summed E-state index contributed by atoms with van der Waals surface area (Å²) < 4.78 is 24.8. The van der Waals surface area contributed by atoms with Gasteiger partial charge in [-0.25, -0.2) is 23.3 Å². The molecule has 1 aliphatic carbocycles. The molecule has 2 aromatic carbocycles. The van der Waals surface area contributed by atoms with E-state index < -0.39 is 46.4 Å². The normalized spacial score (nSPS) is 22.3. The van der Waals surface area contributed by atoms with Crippen LogP contribution >= 0.6 is 0 Å². The van der Waals surface area contributed by atoms with Gasteiger partial charge in [-0.05, 0) is 49.1 Å². The highest BCUT2D eigenvalue weighted by molar-refractivity contribution is 7.89. The summed E-state index contributed by atoms with van der Waals surface area (Å²) in [7, 11) is -3.87. The number of rotatable bonds is 12. The van der Waals surface area contributed by atoms with Crippen LogP contribution in [-0.2, 0) is 23.1 Å². The number of nitrogens with zero attached hydrogens (tertiary/aromatic N) is 8. The molecule has 3 aromatic heterocycles. The summed E-state index contributed by atoms with van der Waals surface area (Å²) >= 11 is 0. The van der Waals surface area contributed by atoms with Gasteiger partial charge in [-0.2, -0.15) is 25.0 Å². The fourth-order valence-electron chi connectivity index (χ4n) is 6.82. The van der Waals surface area contributed by atoms with Crippen LogP contribution in [0.1, 0.15) is 36.2 Å². The summed E-state index contributed by atoms with van der Waals surface area (Å²) in [6.07, 6.45) is 1.79. The third kappa shape index (κ3) is 7.77. The Balaban J connectivity index is 1.14. The molecule has 1 aliphatic heterocycles. The Kier molecular flexibility index (Phi) is 10.2. The molecule has 53 heavy (non-hydrogen) atoms. The van der Waals surface area contributed by atoms with Crippen molar-refractivity contribution in [2.45, 2.75) is 67.1 Å². The Hall–Kier alpha value is -5.25. The Morgan fingerprint density at radius 3 is 2.47 bits per heavy atom. The van der Waals surface area contributed by atoms with Crippen molar-refractivity contribution in [3.05, 3.63) is 78.4 Å². The summed E-state index contributed by atoms with van der Waals surface area (Å²) in [6, 6.07) is 12.6. The Morgan fingerprint density at radius 2 is 1.77 bits per heavy atom. The number of aliphatic hydroxyl groups is 4. The molecule has 2 aliphatic rings. The lowest BCUT2D eigenvalue weighted by molar-refractivity contribution is 0.00491. The van der Waals surface area contributed by atoms with Crippen molar-refractivity contribution in [2.75, 3.05) is 35.2 Å². The minimum atomic E-state index is -3.87. The minimum Gasteiger partial charge on any atom is -0.394 e. The molecule has 2 fully saturated rings. The molecule has 7 rings (SSSR count). The number of anilines is 3. The lowest BCUT2D eigenvalue weighted by Gasteiger charge is -2.22. The molecule has 1 saturated carbocycles. The van der Waals surface area contributed by atoms with E-state index in [9.17, 15) is 33.6 Å². The van der Waals surface area contributed by atoms with Crippen LogP contribution in [0.5, 0.6) is 0 Å². The van der Waals surface area contributed by atoms with Crippen molar-refractivity contribution < 1.29 is 33.6 Å². The maximum Gasteiger partial charge on any atom is 0.319 e. The second-order valence-corrected chi connectivity index (χ2v) is 14.7. The third-order valence-corrected chi connectivity index (χ3v) is 10.5. The number of aliphatic hydroxyl groups excluding tert-OH is 4. The third-order valence-electron chi connectivity index (χ3n) is 9.54. The van der Waals surface area contributed by atoms with E-state index in [-0.39, 0.29) is 30.6 Å². The van der Waals surface area contributed by atoms with Gasteiger partial charge in [-0.3, -0.25) is 0 Å². The highest BCUT2D eigenvalue weighted by atomic mass is 32.2. The summed E-state index contributed by atoms with van der Waals surface area (Å²) in [5, 5.41) is 64.7. The predicted molar refractivity (Wildman–Crippen MR) is 191 cm³/mol. The zero-order chi connectivity index (χ0) is 37.3. The molecular weight excluding hydrogens is 709 g/mol. The molecule has 0 bridgehead atoms. The van der Waals surface area contributed by atoms with Gasteiger partial charge in [0.1, 0.15) is 23.9 Å². The highest BCUT2D eigenvalue weighted by Crippen LogP contribution is 2.40. The molecule has 280 valence electrons. The number of carbonyl (C=O) groups is 1. The molecule has 0 radical (unpaired) electrons. The second kappa shape index (κ2) is 15.0. The van der Waals surface area contributed by atoms with Gasteiger partial charge < -0.3 is 45.8 Å². The Bertz CT molecular complexity index is 2170. The molecular formula is C33H40N12O7S. The van der Waals surface area contributed by atoms with E-state index in [1.165, 1.54) is 41.6 Å². The van der Waals surface area contributed by atoms with E-state index in [1.54, 1.807) is 4.57 Å². The number of nitrogens with two attached hydrogens (primary N) is 1. The van der Waals surface area contributed by atoms with E-state index in [2.05, 4.69) is 31.1 Å². The van der Waals surface area contributed by atoms with Gasteiger partial charge in [-0.1, -0.05) is 30.3 Å². The smallest absolute Gasteiger partial charge is 0.319 e. The first-order valence-corrected chi connectivity index (χ1v) is 18.5. The molecule has 19 nitrogen and oxygen atoms in total. The van der Waals surface area contributed by atoms with Crippen LogP contribution in [-0.4, -0.2) is 113 Å². The van der Waals surface area contributed by atoms with Crippen molar-refractivity contribution in [1.82, 2.24) is 39.8 Å². The number of nitrogens with one attached hydrogen (secondary N) is 3. The van der Waals surface area contributed by atoms with E-state index >= 15 is 0 Å². The summed E-state index contributed by atoms with van der Waals surface area (Å²) in [5.41, 5.74) is 2.50. The quantitative estimate of drug-likeness (QED) is 0.0827. The number of sulfonamides is 1. The Labute approximate surface area is 303 Å². The van der Waals surface area contributed by atoms with Gasteiger partial charge in [0, 0.05) is 24.8 Å². The van der Waals surface area contributed by atoms with Crippen LogP contribution in [0, 0.1) is 0 Å². The van der Waals surface area contributed by atoms with Crippen molar-refractivity contribution in [3.8, 4) is 0 Å². The van der Waals surface area contributed by atoms with Crippen LogP contribution in [0.25, 0.3) is 11.2 Å². The van der Waals surface area contributed by atoms with Crippen LogP contribution in [0.3, 0.4) is 0 Å². The first-order valence-electron chi connectivity index (χ1n) is 17.0. The Morgan fingerprint density at radius 1 is 1.02 bits per heavy atom. The van der Waals surface area contributed by atoms with Gasteiger partial charge in [0.2, 0.25) is 16.0 Å². The van der Waals surface area contributed by atoms with Crippen LogP contribution < -0.4 is 26.0 Å². The van der Waals surface area contributed by atoms with E-state index in [1.807, 2.05) is 35.2 Å². The van der Waals surface area contributed by atoms with E-state index in [0.29, 0.717) is 60.2 Å². The predicted octanol–water partition coefficient (Wildman–Crippen LogP) is -0.119. The first kappa shape index (κ1) is 36.1. The van der Waals surface area contributed by atoms with Gasteiger partial charge in [0.05, 0.1) is 42.7 Å². The van der Waals surface area contributed by atoms with E-state index in [4.69, 9.17) is 15.1 Å². The van der Waals surface area contributed by atoms with Crippen molar-refractivity contribution >= 4 is 44.7 Å². The van der Waals surface area contributed by atoms with Crippen LogP contribution in [0.4, 0.5) is 22.2 Å². The number of aromatic nitrogens is 7. The molecule has 9 N–H and O–H groups in total. The number of primary sulfonamides is 1. The molecule has 0 spiro atoms. The number of amides is 2. The molecule has 1 unspecified atom stereocenters. The highest BCUT2D eigenvalue weighted by Gasteiger charge is 2.45. The maximum absolute atomic E-state index is 12.9. The van der Waals surface area contributed by atoms with E-state index in [0.717, 1.165) is 5.56 Å². The topological polar surface area (TPSA) is 272 Å². The van der Waals surface area contributed by atoms with Crippen LogP contribution in [0.2, 0.25) is 0 Å². The number of fused-ring (bicyclic) bond motifs is 1. The average molecular weight is 749 g/mol. The fourth-order valence-corrected chi connectivity index (χ4v) is 7.33. The number of urea groups is 1. The van der Waals surface area contributed by atoms with Gasteiger partial charge >= 0.3 is 6.03 Å². The summed E-state index contributed by atoms with van der Waals surface area (Å²) in [5.74, 6) is 0.689. The minimum absolute atomic E-state index is 0.0718. The lowest BCUT2D eigenvalue weighted by atomic mass is 10.1. The molecule has 1 saturated heterocycles. The molecule has 20 heteroatoms. The van der Waals surface area contributed by atoms with Crippen molar-refractivity contribution in [3.63, 3.8) is 0 Å². The molecule has 4 heterocycles. The fraction of sp³-hybridized carbons (Fsp3) is 0.394. The number of hydrogen-bond acceptors (Lipinski definition) is 14. The summed E-state index contributed by atoms with van der Waals surface area (Å²) in [6.45, 7) is 0.332. The zero-order valence-corrected chi connectivity index (χ0v) is 29.2. The zero-order valence-electron chi connectivity index (χ0n) is 28.3. The van der Waals surface area contributed by atoms with Gasteiger partial charge in [-0.15, -0.1) is 0 Å². The number of carbonyl (C=O) groups excluding carboxylic acids is 1. The van der Waals surface area contributed by atoms with Crippen molar-refractivity contribution in [1.29, 1.82) is 0 Å². The molecule has 5 aromatic rings. The van der Waals surface area contributed by atoms with Gasteiger partial charge in [0.15, 0.2) is 17.0 Å². The standard InChI is InChI=1S/C33H40N12O7S/c34-53(51,52)24-8-6-20(7-9-24)38-33(50)39-21-10-11-43(15-21)32-40-30(37-22(16-46)12-19-4-2-1-3-5-19)27-31(41-32)44(18-35-27)25-13-26(29(49)28(25)48)45-36-14-23(17-47)42-45/h1-9,14,18,21-22,25-26,28-29,46-49H,10-13,15-17H2,(H2,34,51,52)(H,37,40,41)(H2,38,39,50)/t21?,22-,25+,26-,28-,29+/m0/s1. The second-order valence-electron chi connectivity index (χ2n) is 13.2. The number of benzene rings is 2. The number of imidazole rings is 1. The van der Waals surface area contributed by atoms with Crippen LogP contribution in [0.15, 0.2) is 72.0 Å². The average Bonchev–Trinajstić information content (AvgIpc) is 3.96. The monoisotopic (exact) mass is 748 g/mol. The van der Waals surface area contributed by atoms with Crippen molar-refractivity contribution in [2.24, 2.45) is 5.14 Å². The summed E-state index contributed by atoms with van der Waals surface area (Å²) in [4.78, 5) is 30.3. The SMILES string of the molecule is NS(=O)(=O)c1ccc(NC(=O)NC2CCN(c3nc(N[C@H](CO)Cc4ccccc4)c4ncn([C@@H]5C[C@H](n6ncc(CO)n6)[C@@H](O)[C@H]5O)c4n3)C2)cc1. The first-order chi connectivity index (χ1) is 25.5. The maximum atomic E-state index is 12.9. The molecule has 2 amide bonds.